The van der Waals surface area contributed by atoms with Gasteiger partial charge in [0.15, 0.2) is 11.5 Å². The number of halogens is 1. The van der Waals surface area contributed by atoms with E-state index in [1.165, 1.54) is 19.3 Å². The van der Waals surface area contributed by atoms with Gasteiger partial charge in [0.2, 0.25) is 12.7 Å². The molecule has 0 spiro atoms. The molecule has 3 heterocycles. The van der Waals surface area contributed by atoms with Crippen LogP contribution < -0.4 is 14.2 Å². The summed E-state index contributed by atoms with van der Waals surface area (Å²) in [5, 5.41) is 14.8. The number of carboxylic acid groups (broad SMARTS) is 1. The molecule has 2 aromatic heterocycles. The Labute approximate surface area is 196 Å². The van der Waals surface area contributed by atoms with E-state index in [0.29, 0.717) is 52.4 Å². The minimum Gasteiger partial charge on any atom is -0.454 e. The second kappa shape index (κ2) is 9.31. The zero-order chi connectivity index (χ0) is 22.8. The topological polar surface area (TPSA) is 95.7 Å². The first kappa shape index (κ1) is 21.6. The predicted octanol–water partition coefficient (Wildman–Crippen LogP) is 5.56. The molecular weight excluding hydrogens is 446 g/mol. The second-order valence-electron chi connectivity index (χ2n) is 8.38. The lowest BCUT2D eigenvalue weighted by molar-refractivity contribution is 0.138. The van der Waals surface area contributed by atoms with Gasteiger partial charge in [0.1, 0.15) is 5.69 Å². The SMILES string of the molecule is O=C(O)Oc1c(Cc2cc3c(cc2Cl)OCO3)c(-c2ccccn2)nn1CC1CCCCC1. The lowest BCUT2D eigenvalue weighted by Gasteiger charge is -2.22. The molecule has 9 heteroatoms. The van der Waals surface area contributed by atoms with E-state index in [1.807, 2.05) is 24.3 Å². The Morgan fingerprint density at radius 3 is 2.70 bits per heavy atom. The van der Waals surface area contributed by atoms with Gasteiger partial charge in [-0.15, -0.1) is 0 Å². The Bertz CT molecular complexity index is 1160. The third kappa shape index (κ3) is 4.61. The fraction of sp³-hybridized carbons (Fsp3) is 0.375. The highest BCUT2D eigenvalue weighted by molar-refractivity contribution is 6.31. The maximum absolute atomic E-state index is 11.6. The zero-order valence-electron chi connectivity index (χ0n) is 18.0. The molecule has 1 N–H and O–H groups in total. The molecule has 0 bridgehead atoms. The van der Waals surface area contributed by atoms with Gasteiger partial charge in [-0.3, -0.25) is 4.98 Å². The number of hydrogen-bond donors (Lipinski definition) is 1. The average Bonchev–Trinajstić information content (AvgIpc) is 3.40. The van der Waals surface area contributed by atoms with Crippen molar-refractivity contribution in [2.45, 2.75) is 45.1 Å². The molecule has 1 aromatic carbocycles. The van der Waals surface area contributed by atoms with E-state index >= 15 is 0 Å². The van der Waals surface area contributed by atoms with Crippen molar-refractivity contribution >= 4 is 17.8 Å². The van der Waals surface area contributed by atoms with Gasteiger partial charge < -0.3 is 19.3 Å². The van der Waals surface area contributed by atoms with Crippen LogP contribution in [0.15, 0.2) is 36.5 Å². The summed E-state index contributed by atoms with van der Waals surface area (Å²) < 4.78 is 17.9. The highest BCUT2D eigenvalue weighted by Crippen LogP contribution is 2.40. The Morgan fingerprint density at radius 2 is 1.97 bits per heavy atom. The molecule has 0 unspecified atom stereocenters. The van der Waals surface area contributed by atoms with Crippen LogP contribution in [0.4, 0.5) is 4.79 Å². The Balaban J connectivity index is 1.60. The van der Waals surface area contributed by atoms with Crippen molar-refractivity contribution in [1.82, 2.24) is 14.8 Å². The van der Waals surface area contributed by atoms with Gasteiger partial charge >= 0.3 is 6.16 Å². The van der Waals surface area contributed by atoms with E-state index in [-0.39, 0.29) is 12.7 Å². The van der Waals surface area contributed by atoms with Crippen LogP contribution in [-0.2, 0) is 13.0 Å². The monoisotopic (exact) mass is 469 g/mol. The summed E-state index contributed by atoms with van der Waals surface area (Å²) >= 11 is 6.54. The van der Waals surface area contributed by atoms with Crippen molar-refractivity contribution in [2.75, 3.05) is 6.79 Å². The van der Waals surface area contributed by atoms with Gasteiger partial charge in [0, 0.05) is 35.8 Å². The number of nitrogens with zero attached hydrogens (tertiary/aromatic N) is 3. The number of hydrogen-bond acceptors (Lipinski definition) is 6. The maximum atomic E-state index is 11.6. The number of aromatic nitrogens is 3. The van der Waals surface area contributed by atoms with Crippen molar-refractivity contribution in [3.05, 3.63) is 52.7 Å². The third-order valence-corrected chi connectivity index (χ3v) is 6.51. The number of ether oxygens (including phenoxy) is 3. The first-order valence-corrected chi connectivity index (χ1v) is 11.5. The maximum Gasteiger partial charge on any atom is 0.512 e. The molecule has 3 aromatic rings. The number of fused-ring (bicyclic) bond motifs is 1. The lowest BCUT2D eigenvalue weighted by atomic mass is 9.89. The summed E-state index contributed by atoms with van der Waals surface area (Å²) in [6, 6.07) is 9.07. The van der Waals surface area contributed by atoms with Crippen LogP contribution in [0.1, 0.15) is 43.2 Å². The van der Waals surface area contributed by atoms with Crippen molar-refractivity contribution in [2.24, 2.45) is 5.92 Å². The van der Waals surface area contributed by atoms with Gasteiger partial charge in [-0.05, 0) is 42.5 Å². The van der Waals surface area contributed by atoms with E-state index in [9.17, 15) is 9.90 Å². The van der Waals surface area contributed by atoms with Gasteiger partial charge in [-0.2, -0.15) is 5.10 Å². The highest BCUT2D eigenvalue weighted by Gasteiger charge is 2.27. The summed E-state index contributed by atoms with van der Waals surface area (Å²) in [7, 11) is 0. The minimum atomic E-state index is -1.38. The Kier molecular flexibility index (Phi) is 6.09. The molecule has 2 aliphatic rings. The third-order valence-electron chi connectivity index (χ3n) is 6.16. The van der Waals surface area contributed by atoms with Crippen molar-refractivity contribution in [3.8, 4) is 28.8 Å². The van der Waals surface area contributed by atoms with Crippen LogP contribution in [0.5, 0.6) is 17.4 Å². The molecule has 0 radical (unpaired) electrons. The fourth-order valence-corrected chi connectivity index (χ4v) is 4.79. The Morgan fingerprint density at radius 1 is 1.18 bits per heavy atom. The molecule has 0 saturated heterocycles. The van der Waals surface area contributed by atoms with Crippen molar-refractivity contribution < 1.29 is 24.1 Å². The van der Waals surface area contributed by atoms with Gasteiger partial charge in [0.05, 0.1) is 5.69 Å². The lowest BCUT2D eigenvalue weighted by Crippen LogP contribution is -2.17. The van der Waals surface area contributed by atoms with Crippen LogP contribution in [0.2, 0.25) is 5.02 Å². The van der Waals surface area contributed by atoms with Crippen molar-refractivity contribution in [1.29, 1.82) is 0 Å². The quantitative estimate of drug-likeness (QED) is 0.472. The summed E-state index contributed by atoms with van der Waals surface area (Å²) in [6.07, 6.45) is 6.37. The van der Waals surface area contributed by atoms with Crippen LogP contribution in [0.25, 0.3) is 11.4 Å². The second-order valence-corrected chi connectivity index (χ2v) is 8.78. The number of rotatable bonds is 6. The Hall–Kier alpha value is -3.26. The summed E-state index contributed by atoms with van der Waals surface area (Å²) in [5.41, 5.74) is 2.59. The fourth-order valence-electron chi connectivity index (χ4n) is 4.57. The van der Waals surface area contributed by atoms with Gasteiger partial charge in [-0.1, -0.05) is 36.9 Å². The molecular formula is C24H24ClN3O5. The first-order chi connectivity index (χ1) is 16.1. The standard InChI is InChI=1S/C24H24ClN3O5/c25-18-12-21-20(31-14-32-21)11-16(18)10-17-22(19-8-4-5-9-26-19)27-28(23(17)33-24(29)30)13-15-6-2-1-3-7-15/h4-5,8-9,11-12,15H,1-3,6-7,10,13-14H2,(H,29,30). The van der Waals surface area contributed by atoms with Gasteiger partial charge in [-0.25, -0.2) is 9.48 Å². The molecule has 1 aliphatic heterocycles. The number of benzene rings is 1. The van der Waals surface area contributed by atoms with Crippen molar-refractivity contribution in [3.63, 3.8) is 0 Å². The van der Waals surface area contributed by atoms with E-state index in [1.54, 1.807) is 16.9 Å². The summed E-state index contributed by atoms with van der Waals surface area (Å²) in [5.74, 6) is 1.82. The largest absolute Gasteiger partial charge is 0.512 e. The molecule has 1 fully saturated rings. The van der Waals surface area contributed by atoms with Crippen LogP contribution in [0.3, 0.4) is 0 Å². The predicted molar refractivity (Wildman–Crippen MR) is 121 cm³/mol. The van der Waals surface area contributed by atoms with Crippen LogP contribution in [-0.4, -0.2) is 32.8 Å². The van der Waals surface area contributed by atoms with E-state index in [2.05, 4.69) is 4.98 Å². The summed E-state index contributed by atoms with van der Waals surface area (Å²) in [6.45, 7) is 0.734. The van der Waals surface area contributed by atoms with E-state index < -0.39 is 6.16 Å². The van der Waals surface area contributed by atoms with Crippen LogP contribution >= 0.6 is 11.6 Å². The number of pyridine rings is 1. The van der Waals surface area contributed by atoms with Gasteiger partial charge in [0.25, 0.3) is 0 Å². The molecule has 172 valence electrons. The smallest absolute Gasteiger partial charge is 0.454 e. The molecule has 0 atom stereocenters. The highest BCUT2D eigenvalue weighted by atomic mass is 35.5. The van der Waals surface area contributed by atoms with Crippen LogP contribution in [0, 0.1) is 5.92 Å². The van der Waals surface area contributed by atoms with E-state index in [4.69, 9.17) is 30.9 Å². The molecule has 1 aliphatic carbocycles. The molecule has 0 amide bonds. The normalized spacial score (nSPS) is 15.5. The summed E-state index contributed by atoms with van der Waals surface area (Å²) in [4.78, 5) is 16.1. The van der Waals surface area contributed by atoms with E-state index in [0.717, 1.165) is 18.4 Å². The number of carbonyl (C=O) groups is 1. The molecule has 33 heavy (non-hydrogen) atoms. The minimum absolute atomic E-state index is 0.140. The zero-order valence-corrected chi connectivity index (χ0v) is 18.8. The molecule has 8 nitrogen and oxygen atoms in total. The molecule has 5 rings (SSSR count). The molecule has 1 saturated carbocycles. The first-order valence-electron chi connectivity index (χ1n) is 11.1. The average molecular weight is 470 g/mol.